The Labute approximate surface area is 160 Å². The molecule has 1 aromatic heterocycles. The predicted molar refractivity (Wildman–Crippen MR) is 107 cm³/mol. The SMILES string of the molecule is Cc1cc(C)c2c(c1)CCC2NC(=O)c1cnn(C)c1Cc1ccccc1. The molecule has 0 spiro atoms. The van der Waals surface area contributed by atoms with Crippen LogP contribution in [-0.4, -0.2) is 15.7 Å². The number of fused-ring (bicyclic) bond motifs is 1. The summed E-state index contributed by atoms with van der Waals surface area (Å²) in [6.07, 6.45) is 4.36. The molecule has 4 heteroatoms. The van der Waals surface area contributed by atoms with Crippen molar-refractivity contribution < 1.29 is 4.79 Å². The van der Waals surface area contributed by atoms with Crippen molar-refractivity contribution in [1.29, 1.82) is 0 Å². The van der Waals surface area contributed by atoms with Crippen LogP contribution in [0.2, 0.25) is 0 Å². The minimum Gasteiger partial charge on any atom is -0.345 e. The smallest absolute Gasteiger partial charge is 0.255 e. The van der Waals surface area contributed by atoms with Crippen molar-refractivity contribution in [3.8, 4) is 0 Å². The van der Waals surface area contributed by atoms with Crippen LogP contribution in [0.15, 0.2) is 48.7 Å². The van der Waals surface area contributed by atoms with Gasteiger partial charge in [0, 0.05) is 13.5 Å². The fourth-order valence-electron chi connectivity index (χ4n) is 4.25. The molecule has 0 fully saturated rings. The quantitative estimate of drug-likeness (QED) is 0.764. The van der Waals surface area contributed by atoms with E-state index in [0.717, 1.165) is 18.5 Å². The Morgan fingerprint density at radius 1 is 1.22 bits per heavy atom. The van der Waals surface area contributed by atoms with Crippen LogP contribution in [0.4, 0.5) is 0 Å². The standard InChI is InChI=1S/C23H25N3O/c1-15-11-16(2)22-18(12-15)9-10-20(22)25-23(27)19-14-24-26(3)21(19)13-17-7-5-4-6-8-17/h4-8,11-12,14,20H,9-10,13H2,1-3H3,(H,25,27). The van der Waals surface area contributed by atoms with E-state index in [2.05, 4.69) is 48.5 Å². The van der Waals surface area contributed by atoms with Crippen LogP contribution in [0, 0.1) is 13.8 Å². The number of nitrogens with zero attached hydrogens (tertiary/aromatic N) is 2. The number of nitrogens with one attached hydrogen (secondary N) is 1. The monoisotopic (exact) mass is 359 g/mol. The number of amides is 1. The normalized spacial score (nSPS) is 15.6. The van der Waals surface area contributed by atoms with Gasteiger partial charge >= 0.3 is 0 Å². The van der Waals surface area contributed by atoms with Crippen molar-refractivity contribution in [2.24, 2.45) is 7.05 Å². The fraction of sp³-hybridized carbons (Fsp3) is 0.304. The van der Waals surface area contributed by atoms with Gasteiger partial charge in [0.05, 0.1) is 23.5 Å². The topological polar surface area (TPSA) is 46.9 Å². The summed E-state index contributed by atoms with van der Waals surface area (Å²) in [5.41, 5.74) is 8.00. The number of carbonyl (C=O) groups excluding carboxylic acids is 1. The van der Waals surface area contributed by atoms with Crippen LogP contribution in [-0.2, 0) is 19.9 Å². The first-order chi connectivity index (χ1) is 13.0. The molecule has 2 aromatic carbocycles. The van der Waals surface area contributed by atoms with Gasteiger partial charge in [-0.3, -0.25) is 9.48 Å². The second-order valence-corrected chi connectivity index (χ2v) is 7.51. The van der Waals surface area contributed by atoms with E-state index in [1.165, 1.54) is 27.8 Å². The van der Waals surface area contributed by atoms with Crippen molar-refractivity contribution in [1.82, 2.24) is 15.1 Å². The molecule has 0 aliphatic heterocycles. The molecule has 1 atom stereocenters. The van der Waals surface area contributed by atoms with Gasteiger partial charge in [-0.05, 0) is 48.9 Å². The van der Waals surface area contributed by atoms with Gasteiger partial charge in [-0.1, -0.05) is 48.0 Å². The molecule has 3 aromatic rings. The Balaban J connectivity index is 1.58. The summed E-state index contributed by atoms with van der Waals surface area (Å²) < 4.78 is 1.80. The Hall–Kier alpha value is -2.88. The van der Waals surface area contributed by atoms with Crippen LogP contribution in [0.3, 0.4) is 0 Å². The number of hydrogen-bond acceptors (Lipinski definition) is 2. The minimum atomic E-state index is -0.0353. The second-order valence-electron chi connectivity index (χ2n) is 7.51. The number of rotatable bonds is 4. The predicted octanol–water partition coefficient (Wildman–Crippen LogP) is 4.05. The maximum atomic E-state index is 13.0. The largest absolute Gasteiger partial charge is 0.345 e. The third-order valence-electron chi connectivity index (χ3n) is 5.49. The maximum Gasteiger partial charge on any atom is 0.255 e. The first-order valence-electron chi connectivity index (χ1n) is 9.48. The molecule has 0 bridgehead atoms. The van der Waals surface area contributed by atoms with Crippen LogP contribution < -0.4 is 5.32 Å². The first kappa shape index (κ1) is 17.5. The molecule has 27 heavy (non-hydrogen) atoms. The Morgan fingerprint density at radius 3 is 2.78 bits per heavy atom. The third-order valence-corrected chi connectivity index (χ3v) is 5.49. The van der Waals surface area contributed by atoms with Gasteiger partial charge in [-0.25, -0.2) is 0 Å². The van der Waals surface area contributed by atoms with E-state index in [1.807, 2.05) is 25.2 Å². The zero-order valence-corrected chi connectivity index (χ0v) is 16.1. The van der Waals surface area contributed by atoms with Gasteiger partial charge in [0.1, 0.15) is 0 Å². The Bertz CT molecular complexity index is 988. The molecule has 1 amide bonds. The molecule has 4 nitrogen and oxygen atoms in total. The lowest BCUT2D eigenvalue weighted by Crippen LogP contribution is -2.28. The van der Waals surface area contributed by atoms with Gasteiger partial charge in [0.25, 0.3) is 5.91 Å². The lowest BCUT2D eigenvalue weighted by atomic mass is 9.99. The summed E-state index contributed by atoms with van der Waals surface area (Å²) in [5, 5.41) is 7.60. The molecule has 1 aliphatic rings. The lowest BCUT2D eigenvalue weighted by Gasteiger charge is -2.17. The van der Waals surface area contributed by atoms with E-state index < -0.39 is 0 Å². The molecule has 0 saturated heterocycles. The molecule has 0 radical (unpaired) electrons. The van der Waals surface area contributed by atoms with E-state index >= 15 is 0 Å². The first-order valence-corrected chi connectivity index (χ1v) is 9.48. The lowest BCUT2D eigenvalue weighted by molar-refractivity contribution is 0.0935. The van der Waals surface area contributed by atoms with E-state index in [9.17, 15) is 4.79 Å². The number of hydrogen-bond donors (Lipinski definition) is 1. The molecule has 1 unspecified atom stereocenters. The average Bonchev–Trinajstić information content (AvgIpc) is 3.20. The van der Waals surface area contributed by atoms with Crippen LogP contribution >= 0.6 is 0 Å². The molecule has 1 heterocycles. The van der Waals surface area contributed by atoms with E-state index in [-0.39, 0.29) is 11.9 Å². The number of carbonyl (C=O) groups is 1. The van der Waals surface area contributed by atoms with Crippen molar-refractivity contribution in [3.05, 3.63) is 87.7 Å². The molecular formula is C23H25N3O. The summed E-state index contributed by atoms with van der Waals surface area (Å²) >= 11 is 0. The Kier molecular flexibility index (Phi) is 4.56. The average molecular weight is 359 g/mol. The zero-order chi connectivity index (χ0) is 19.0. The van der Waals surface area contributed by atoms with E-state index in [1.54, 1.807) is 10.9 Å². The fourth-order valence-corrected chi connectivity index (χ4v) is 4.25. The van der Waals surface area contributed by atoms with Gasteiger partial charge in [-0.2, -0.15) is 5.10 Å². The highest BCUT2D eigenvalue weighted by Crippen LogP contribution is 2.34. The number of aryl methyl sites for hydroxylation is 4. The summed E-state index contributed by atoms with van der Waals surface area (Å²) in [7, 11) is 1.90. The van der Waals surface area contributed by atoms with Crippen molar-refractivity contribution in [3.63, 3.8) is 0 Å². The summed E-state index contributed by atoms with van der Waals surface area (Å²) in [6.45, 7) is 4.27. The second kappa shape index (κ2) is 7.03. The van der Waals surface area contributed by atoms with Crippen LogP contribution in [0.1, 0.15) is 56.3 Å². The maximum absolute atomic E-state index is 13.0. The molecular weight excluding hydrogens is 334 g/mol. The van der Waals surface area contributed by atoms with Crippen molar-refractivity contribution >= 4 is 5.91 Å². The molecule has 1 N–H and O–H groups in total. The molecule has 1 aliphatic carbocycles. The minimum absolute atomic E-state index is 0.0353. The zero-order valence-electron chi connectivity index (χ0n) is 16.1. The molecule has 138 valence electrons. The van der Waals surface area contributed by atoms with E-state index in [4.69, 9.17) is 0 Å². The number of benzene rings is 2. The summed E-state index contributed by atoms with van der Waals surface area (Å²) in [6, 6.07) is 14.7. The molecule has 4 rings (SSSR count). The Morgan fingerprint density at radius 2 is 2.00 bits per heavy atom. The van der Waals surface area contributed by atoms with Gasteiger partial charge in [-0.15, -0.1) is 0 Å². The highest BCUT2D eigenvalue weighted by atomic mass is 16.1. The summed E-state index contributed by atoms with van der Waals surface area (Å²) in [5.74, 6) is -0.0353. The van der Waals surface area contributed by atoms with Gasteiger partial charge in [0.15, 0.2) is 0 Å². The highest BCUT2D eigenvalue weighted by molar-refractivity contribution is 5.95. The highest BCUT2D eigenvalue weighted by Gasteiger charge is 2.27. The molecule has 0 saturated carbocycles. The number of aromatic nitrogens is 2. The van der Waals surface area contributed by atoms with Crippen LogP contribution in [0.25, 0.3) is 0 Å². The van der Waals surface area contributed by atoms with Crippen molar-refractivity contribution in [2.75, 3.05) is 0 Å². The van der Waals surface area contributed by atoms with Crippen LogP contribution in [0.5, 0.6) is 0 Å². The van der Waals surface area contributed by atoms with E-state index in [0.29, 0.717) is 12.0 Å². The van der Waals surface area contributed by atoms with Crippen molar-refractivity contribution in [2.45, 2.75) is 39.2 Å². The van der Waals surface area contributed by atoms with Gasteiger partial charge in [0.2, 0.25) is 0 Å². The third kappa shape index (κ3) is 3.39. The van der Waals surface area contributed by atoms with Gasteiger partial charge < -0.3 is 5.32 Å². The summed E-state index contributed by atoms with van der Waals surface area (Å²) in [4.78, 5) is 13.0.